The van der Waals surface area contributed by atoms with Crippen LogP contribution in [0.1, 0.15) is 42.5 Å². The highest BCUT2D eigenvalue weighted by atomic mass is 16.4. The number of nitrogens with zero attached hydrogens (tertiary/aromatic N) is 2. The van der Waals surface area contributed by atoms with Crippen LogP contribution in [0.4, 0.5) is 0 Å². The smallest absolute Gasteiger partial charge is 0.305 e. The van der Waals surface area contributed by atoms with Gasteiger partial charge in [0, 0.05) is 25.1 Å². The molecule has 11 heteroatoms. The molecular formula is C28H30N4O7. The van der Waals surface area contributed by atoms with Crippen molar-refractivity contribution in [1.82, 2.24) is 20.7 Å². The molecule has 0 unspecified atom stereocenters. The van der Waals surface area contributed by atoms with Crippen molar-refractivity contribution in [2.75, 3.05) is 13.1 Å². The summed E-state index contributed by atoms with van der Waals surface area (Å²) in [7, 11) is 0. The van der Waals surface area contributed by atoms with Crippen molar-refractivity contribution in [3.05, 3.63) is 60.2 Å². The molecule has 0 radical (unpaired) electrons. The van der Waals surface area contributed by atoms with Gasteiger partial charge < -0.3 is 20.5 Å². The largest absolute Gasteiger partial charge is 0.481 e. The van der Waals surface area contributed by atoms with Crippen LogP contribution in [0.2, 0.25) is 0 Å². The van der Waals surface area contributed by atoms with Crippen molar-refractivity contribution in [3.63, 3.8) is 0 Å². The molecule has 0 saturated carbocycles. The van der Waals surface area contributed by atoms with Gasteiger partial charge in [-0.25, -0.2) is 5.01 Å². The number of hydrogen-bond donors (Lipinski definition) is 3. The maximum absolute atomic E-state index is 13.6. The quantitative estimate of drug-likeness (QED) is 0.411. The molecular weight excluding hydrogens is 504 g/mol. The van der Waals surface area contributed by atoms with Crippen molar-refractivity contribution in [3.8, 4) is 11.1 Å². The fourth-order valence-electron chi connectivity index (χ4n) is 4.88. The van der Waals surface area contributed by atoms with Gasteiger partial charge in [-0.1, -0.05) is 42.5 Å². The van der Waals surface area contributed by atoms with E-state index in [1.807, 2.05) is 42.5 Å². The van der Waals surface area contributed by atoms with Gasteiger partial charge in [0.15, 0.2) is 0 Å². The number of rotatable bonds is 9. The molecule has 0 spiro atoms. The molecule has 0 bridgehead atoms. The standard InChI is InChI=1S/C28H30N4O7/c33-17-22(15-25(35)36)30-27(38)23-7-4-14-31-24(34)13-12-21(28(39)32(23)31)16-29-26(37)20-10-8-19(9-11-20)18-5-2-1-3-6-18/h1-3,5-6,8-11,17,21-23H,4,7,12-16H2,(H,29,37)(H,30,38)(H,35,36)/t21-,22+,23+/m1/s1. The van der Waals surface area contributed by atoms with E-state index in [2.05, 4.69) is 10.6 Å². The predicted molar refractivity (Wildman–Crippen MR) is 139 cm³/mol. The summed E-state index contributed by atoms with van der Waals surface area (Å²) in [5.74, 6) is -3.89. The van der Waals surface area contributed by atoms with E-state index in [0.717, 1.165) is 16.1 Å². The fourth-order valence-corrected chi connectivity index (χ4v) is 4.88. The maximum atomic E-state index is 13.6. The Balaban J connectivity index is 1.44. The molecule has 0 aliphatic carbocycles. The second kappa shape index (κ2) is 12.3. The molecule has 2 aliphatic rings. The third-order valence-corrected chi connectivity index (χ3v) is 6.92. The number of nitrogens with one attached hydrogen (secondary N) is 2. The Bertz CT molecular complexity index is 1250. The van der Waals surface area contributed by atoms with Crippen LogP contribution < -0.4 is 10.6 Å². The van der Waals surface area contributed by atoms with Gasteiger partial charge in [-0.3, -0.25) is 29.0 Å². The zero-order valence-corrected chi connectivity index (χ0v) is 21.2. The zero-order valence-electron chi connectivity index (χ0n) is 21.2. The van der Waals surface area contributed by atoms with Crippen LogP contribution in [-0.4, -0.2) is 76.2 Å². The van der Waals surface area contributed by atoms with Gasteiger partial charge in [-0.15, -0.1) is 0 Å². The van der Waals surface area contributed by atoms with Gasteiger partial charge in [0.25, 0.3) is 5.91 Å². The molecule has 3 atom stereocenters. The van der Waals surface area contributed by atoms with E-state index < -0.39 is 42.2 Å². The first-order valence-electron chi connectivity index (χ1n) is 12.8. The molecule has 2 saturated heterocycles. The second-order valence-corrected chi connectivity index (χ2v) is 9.60. The summed E-state index contributed by atoms with van der Waals surface area (Å²) in [4.78, 5) is 74.4. The van der Waals surface area contributed by atoms with E-state index in [9.17, 15) is 28.8 Å². The monoisotopic (exact) mass is 534 g/mol. The molecule has 2 aliphatic heterocycles. The molecule has 4 rings (SSSR count). The first-order chi connectivity index (χ1) is 18.8. The van der Waals surface area contributed by atoms with Crippen LogP contribution in [0.5, 0.6) is 0 Å². The maximum Gasteiger partial charge on any atom is 0.305 e. The first-order valence-corrected chi connectivity index (χ1v) is 12.8. The van der Waals surface area contributed by atoms with Crippen molar-refractivity contribution in [2.24, 2.45) is 5.92 Å². The average Bonchev–Trinajstić information content (AvgIpc) is 3.07. The molecule has 2 aromatic carbocycles. The van der Waals surface area contributed by atoms with E-state index in [4.69, 9.17) is 5.11 Å². The number of fused-ring (bicyclic) bond motifs is 1. The van der Waals surface area contributed by atoms with Crippen LogP contribution in [-0.2, 0) is 24.0 Å². The molecule has 39 heavy (non-hydrogen) atoms. The summed E-state index contributed by atoms with van der Waals surface area (Å²) in [5.41, 5.74) is 2.39. The lowest BCUT2D eigenvalue weighted by Crippen LogP contribution is -2.63. The van der Waals surface area contributed by atoms with E-state index in [1.54, 1.807) is 12.1 Å². The highest BCUT2D eigenvalue weighted by Gasteiger charge is 2.44. The third-order valence-electron chi connectivity index (χ3n) is 6.92. The molecule has 2 fully saturated rings. The number of benzene rings is 2. The zero-order chi connectivity index (χ0) is 27.9. The number of carbonyl (C=O) groups excluding carboxylic acids is 5. The van der Waals surface area contributed by atoms with E-state index in [1.165, 1.54) is 5.01 Å². The topological polar surface area (TPSA) is 153 Å². The lowest BCUT2D eigenvalue weighted by molar-refractivity contribution is -0.177. The van der Waals surface area contributed by atoms with Crippen LogP contribution >= 0.6 is 0 Å². The van der Waals surface area contributed by atoms with E-state index >= 15 is 0 Å². The molecule has 0 aromatic heterocycles. The number of hydrazine groups is 1. The van der Waals surface area contributed by atoms with E-state index in [-0.39, 0.29) is 44.2 Å². The Morgan fingerprint density at radius 3 is 2.36 bits per heavy atom. The number of carbonyl (C=O) groups is 6. The number of aldehydes is 1. The number of aliphatic carboxylic acids is 1. The number of amides is 4. The van der Waals surface area contributed by atoms with Crippen LogP contribution in [0.3, 0.4) is 0 Å². The van der Waals surface area contributed by atoms with Gasteiger partial charge in [0.1, 0.15) is 12.3 Å². The first kappa shape index (κ1) is 27.5. The SMILES string of the molecule is O=C[C@H](CC(=O)O)NC(=O)[C@@H]1CCCN2C(=O)CC[C@H](CNC(=O)c3ccc(-c4ccccc4)cc3)C(=O)N12. The van der Waals surface area contributed by atoms with E-state index in [0.29, 0.717) is 18.3 Å². The third kappa shape index (κ3) is 6.49. The highest BCUT2D eigenvalue weighted by molar-refractivity contribution is 5.96. The summed E-state index contributed by atoms with van der Waals surface area (Å²) in [6.45, 7) is 0.230. The van der Waals surface area contributed by atoms with Gasteiger partial charge >= 0.3 is 5.97 Å². The van der Waals surface area contributed by atoms with Gasteiger partial charge in [0.05, 0.1) is 18.4 Å². The lowest BCUT2D eigenvalue weighted by atomic mass is 10.00. The minimum atomic E-state index is -1.26. The molecule has 204 valence electrons. The highest BCUT2D eigenvalue weighted by Crippen LogP contribution is 2.27. The van der Waals surface area contributed by atoms with Crippen molar-refractivity contribution in [1.29, 1.82) is 0 Å². The number of carboxylic acid groups (broad SMARTS) is 1. The average molecular weight is 535 g/mol. The summed E-state index contributed by atoms with van der Waals surface area (Å²) < 4.78 is 0. The minimum Gasteiger partial charge on any atom is -0.481 e. The molecule has 2 aromatic rings. The number of hydrogen-bond acceptors (Lipinski definition) is 6. The number of carboxylic acids is 1. The van der Waals surface area contributed by atoms with Gasteiger partial charge in [0.2, 0.25) is 17.7 Å². The summed E-state index contributed by atoms with van der Waals surface area (Å²) >= 11 is 0. The Labute approximate surface area is 225 Å². The van der Waals surface area contributed by atoms with Crippen molar-refractivity contribution in [2.45, 2.75) is 44.2 Å². The van der Waals surface area contributed by atoms with Gasteiger partial charge in [-0.05, 0) is 42.5 Å². The fraction of sp³-hybridized carbons (Fsp3) is 0.357. The summed E-state index contributed by atoms with van der Waals surface area (Å²) in [5, 5.41) is 16.5. The van der Waals surface area contributed by atoms with Crippen LogP contribution in [0.15, 0.2) is 54.6 Å². The Morgan fingerprint density at radius 1 is 1.00 bits per heavy atom. The van der Waals surface area contributed by atoms with Crippen LogP contribution in [0, 0.1) is 5.92 Å². The Morgan fingerprint density at radius 2 is 1.69 bits per heavy atom. The van der Waals surface area contributed by atoms with Crippen molar-refractivity contribution < 1.29 is 33.9 Å². The second-order valence-electron chi connectivity index (χ2n) is 9.60. The minimum absolute atomic E-state index is 0.0277. The molecule has 11 nitrogen and oxygen atoms in total. The van der Waals surface area contributed by atoms with Crippen LogP contribution in [0.25, 0.3) is 11.1 Å². The molecule has 4 amide bonds. The summed E-state index contributed by atoms with van der Waals surface area (Å²) in [6, 6.07) is 14.5. The Hall–Kier alpha value is -4.54. The van der Waals surface area contributed by atoms with Gasteiger partial charge in [-0.2, -0.15) is 0 Å². The lowest BCUT2D eigenvalue weighted by Gasteiger charge is -2.43. The Kier molecular flexibility index (Phi) is 8.70. The predicted octanol–water partition coefficient (Wildman–Crippen LogP) is 1.39. The van der Waals surface area contributed by atoms with Crippen molar-refractivity contribution >= 4 is 35.9 Å². The normalized spacial score (nSPS) is 19.9. The summed E-state index contributed by atoms with van der Waals surface area (Å²) in [6.07, 6.45) is 0.693. The molecule has 2 heterocycles. The molecule has 3 N–H and O–H groups in total.